The second-order valence-corrected chi connectivity index (χ2v) is 11.1. The van der Waals surface area contributed by atoms with Gasteiger partial charge >= 0.3 is 15.5 Å². The summed E-state index contributed by atoms with van der Waals surface area (Å²) in [6.45, 7) is 0. The van der Waals surface area contributed by atoms with Gasteiger partial charge in [-0.1, -0.05) is 12.1 Å². The largest absolute Gasteiger partial charge is 0.517 e. The van der Waals surface area contributed by atoms with Gasteiger partial charge in [-0.3, -0.25) is 0 Å². The maximum Gasteiger partial charge on any atom is 0.517 e. The van der Waals surface area contributed by atoms with Gasteiger partial charge in [0.2, 0.25) is 0 Å². The topological polar surface area (TPSA) is 39.1 Å². The van der Waals surface area contributed by atoms with Gasteiger partial charge in [-0.2, -0.15) is 21.6 Å². The Kier molecular flexibility index (Phi) is 4.11. The van der Waals surface area contributed by atoms with Crippen LogP contribution in [0.5, 0.6) is 0 Å². The van der Waals surface area contributed by atoms with Crippen molar-refractivity contribution in [2.45, 2.75) is 59.4 Å². The molecule has 3 nitrogen and oxygen atoms in total. The number of benzene rings is 1. The van der Waals surface area contributed by atoms with Crippen molar-refractivity contribution in [3.8, 4) is 0 Å². The molecule has 2 saturated heterocycles. The van der Waals surface area contributed by atoms with Crippen LogP contribution in [0.25, 0.3) is 10.9 Å². The molecule has 2 aromatic rings. The number of hydrogen-bond acceptors (Lipinski definition) is 2. The number of alkyl halides is 3. The molecule has 25 heavy (non-hydrogen) atoms. The molecular weight excluding hydrogens is 371 g/mol. The minimum Gasteiger partial charge on any atom is -0.232 e. The maximum absolute atomic E-state index is 13.1. The van der Waals surface area contributed by atoms with E-state index in [-0.39, 0.29) is 16.4 Å². The molecule has 136 valence electrons. The zero-order valence-corrected chi connectivity index (χ0v) is 15.1. The van der Waals surface area contributed by atoms with Crippen molar-refractivity contribution in [1.29, 1.82) is 0 Å². The van der Waals surface area contributed by atoms with Crippen LogP contribution < -0.4 is 0 Å². The second-order valence-electron chi connectivity index (χ2n) is 6.73. The Morgan fingerprint density at radius 2 is 1.56 bits per heavy atom. The SMILES string of the molecule is O=S(=O)(n1cc([S+]2C3CCCC2CCC3)c2ccccc21)C(F)(F)F. The summed E-state index contributed by atoms with van der Waals surface area (Å²) in [4.78, 5) is 0.804. The van der Waals surface area contributed by atoms with E-state index >= 15 is 0 Å². The van der Waals surface area contributed by atoms with E-state index in [2.05, 4.69) is 0 Å². The summed E-state index contributed by atoms with van der Waals surface area (Å²) >= 11 is 0. The van der Waals surface area contributed by atoms with Crippen molar-refractivity contribution >= 4 is 31.8 Å². The number of rotatable bonds is 2. The standard InChI is InChI=1S/C17H19F3NO2S2/c18-17(19,20)25(22,23)21-11-16(14-9-1-2-10-15(14)21)24-12-5-3-6-13(24)8-4-7-12/h1-2,9-13H,3-8H2/q+1. The lowest BCUT2D eigenvalue weighted by molar-refractivity contribution is -0.0445. The summed E-state index contributed by atoms with van der Waals surface area (Å²) < 4.78 is 63.9. The molecule has 1 aromatic heterocycles. The van der Waals surface area contributed by atoms with Crippen LogP contribution in [-0.4, -0.2) is 28.4 Å². The zero-order valence-electron chi connectivity index (χ0n) is 13.5. The molecule has 0 radical (unpaired) electrons. The Bertz CT molecular complexity index is 882. The normalized spacial score (nSPS) is 27.6. The second kappa shape index (κ2) is 5.94. The highest BCUT2D eigenvalue weighted by Gasteiger charge is 2.51. The van der Waals surface area contributed by atoms with Crippen LogP contribution in [0.2, 0.25) is 0 Å². The summed E-state index contributed by atoms with van der Waals surface area (Å²) in [6, 6.07) is 6.56. The van der Waals surface area contributed by atoms with Gasteiger partial charge in [0, 0.05) is 10.9 Å². The molecule has 8 heteroatoms. The predicted octanol–water partition coefficient (Wildman–Crippen LogP) is 4.42. The van der Waals surface area contributed by atoms with Crippen LogP contribution in [0, 0.1) is 0 Å². The number of nitrogens with zero attached hydrogens (tertiary/aromatic N) is 1. The molecule has 0 saturated carbocycles. The first-order valence-electron chi connectivity index (χ1n) is 8.44. The molecular formula is C17H19F3NO2S2+. The van der Waals surface area contributed by atoms with Crippen molar-refractivity contribution in [3.63, 3.8) is 0 Å². The zero-order chi connectivity index (χ0) is 17.8. The van der Waals surface area contributed by atoms with Crippen LogP contribution in [0.4, 0.5) is 13.2 Å². The fraction of sp³-hybridized carbons (Fsp3) is 0.529. The van der Waals surface area contributed by atoms with Crippen LogP contribution >= 0.6 is 0 Å². The van der Waals surface area contributed by atoms with Crippen molar-refractivity contribution < 1.29 is 21.6 Å². The quantitative estimate of drug-likeness (QED) is 0.712. The third-order valence-corrected chi connectivity index (χ3v) is 9.89. The number of hydrogen-bond donors (Lipinski definition) is 0. The fourth-order valence-electron chi connectivity index (χ4n) is 4.19. The van der Waals surface area contributed by atoms with Gasteiger partial charge < -0.3 is 0 Å². The predicted molar refractivity (Wildman–Crippen MR) is 93.2 cm³/mol. The lowest BCUT2D eigenvalue weighted by Gasteiger charge is -2.34. The number of aromatic nitrogens is 1. The molecule has 0 atom stereocenters. The highest BCUT2D eigenvalue weighted by Crippen LogP contribution is 2.45. The average Bonchev–Trinajstić information content (AvgIpc) is 2.93. The molecule has 4 rings (SSSR count). The van der Waals surface area contributed by atoms with Crippen molar-refractivity contribution in [2.24, 2.45) is 0 Å². The highest BCUT2D eigenvalue weighted by atomic mass is 32.2. The molecule has 3 heterocycles. The number of para-hydroxylation sites is 1. The van der Waals surface area contributed by atoms with E-state index in [9.17, 15) is 21.6 Å². The monoisotopic (exact) mass is 390 g/mol. The molecule has 1 aromatic carbocycles. The molecule has 0 N–H and O–H groups in total. The smallest absolute Gasteiger partial charge is 0.232 e. The van der Waals surface area contributed by atoms with Gasteiger partial charge in [-0.05, 0) is 50.7 Å². The molecule has 0 spiro atoms. The number of halogens is 3. The first-order chi connectivity index (χ1) is 11.8. The Hall–Kier alpha value is -1.15. The first-order valence-corrected chi connectivity index (χ1v) is 11.2. The molecule has 2 aliphatic rings. The van der Waals surface area contributed by atoms with Gasteiger partial charge in [0.25, 0.3) is 0 Å². The van der Waals surface area contributed by atoms with E-state index in [4.69, 9.17) is 0 Å². The third kappa shape index (κ3) is 2.68. The van der Waals surface area contributed by atoms with E-state index in [0.717, 1.165) is 30.6 Å². The molecule has 0 aliphatic carbocycles. The van der Waals surface area contributed by atoms with Crippen molar-refractivity contribution in [1.82, 2.24) is 3.97 Å². The van der Waals surface area contributed by atoms with E-state index in [0.29, 0.717) is 19.9 Å². The van der Waals surface area contributed by atoms with Gasteiger partial charge in [0.1, 0.15) is 10.5 Å². The van der Waals surface area contributed by atoms with Gasteiger partial charge in [-0.25, -0.2) is 3.97 Å². The van der Waals surface area contributed by atoms with Crippen LogP contribution in [0.3, 0.4) is 0 Å². The van der Waals surface area contributed by atoms with Crippen molar-refractivity contribution in [3.05, 3.63) is 30.5 Å². The van der Waals surface area contributed by atoms with Crippen LogP contribution in [0.1, 0.15) is 38.5 Å². The average molecular weight is 390 g/mol. The molecule has 2 fully saturated rings. The molecule has 0 amide bonds. The Labute approximate surface area is 147 Å². The summed E-state index contributed by atoms with van der Waals surface area (Å²) in [5, 5.41) is 1.60. The maximum atomic E-state index is 13.1. The Balaban J connectivity index is 1.92. The Morgan fingerprint density at radius 3 is 2.12 bits per heavy atom. The highest BCUT2D eigenvalue weighted by molar-refractivity contribution is 7.98. The lowest BCUT2D eigenvalue weighted by Crippen LogP contribution is -2.40. The molecule has 0 unspecified atom stereocenters. The number of fused-ring (bicyclic) bond motifs is 3. The lowest BCUT2D eigenvalue weighted by atomic mass is 9.99. The van der Waals surface area contributed by atoms with Crippen molar-refractivity contribution in [2.75, 3.05) is 0 Å². The van der Waals surface area contributed by atoms with Crippen LogP contribution in [-0.2, 0) is 20.9 Å². The van der Waals surface area contributed by atoms with Gasteiger partial charge in [0.05, 0.1) is 17.1 Å². The first kappa shape index (κ1) is 17.3. The minimum absolute atomic E-state index is 0.131. The van der Waals surface area contributed by atoms with Gasteiger partial charge in [-0.15, -0.1) is 0 Å². The summed E-state index contributed by atoms with van der Waals surface area (Å²) in [5.74, 6) is 0. The summed E-state index contributed by atoms with van der Waals surface area (Å²) in [5.41, 5.74) is -5.18. The molecule has 2 bridgehead atoms. The van der Waals surface area contributed by atoms with E-state index in [1.165, 1.54) is 25.1 Å². The summed E-state index contributed by atoms with van der Waals surface area (Å²) in [7, 11) is -5.60. The van der Waals surface area contributed by atoms with Gasteiger partial charge in [0.15, 0.2) is 4.90 Å². The van der Waals surface area contributed by atoms with E-state index < -0.39 is 15.5 Å². The summed E-state index contributed by atoms with van der Waals surface area (Å²) in [6.07, 6.45) is 7.94. The third-order valence-electron chi connectivity index (χ3n) is 5.27. The van der Waals surface area contributed by atoms with E-state index in [1.54, 1.807) is 18.2 Å². The van der Waals surface area contributed by atoms with Crippen LogP contribution in [0.15, 0.2) is 35.4 Å². The molecule has 2 aliphatic heterocycles. The fourth-order valence-corrected chi connectivity index (χ4v) is 8.74. The Morgan fingerprint density at radius 1 is 1.00 bits per heavy atom. The van der Waals surface area contributed by atoms with E-state index in [1.807, 2.05) is 0 Å². The minimum atomic E-state index is -5.42.